The molecule has 0 bridgehead atoms. The number of rotatable bonds is 3. The molecule has 1 aromatic carbocycles. The SMILES string of the molecule is CC1(C)CC(Nc2cc(F)cc(F)c2[N+](=O)[O-])CCO1. The fraction of sp³-hybridized carbons (Fsp3) is 0.538. The Morgan fingerprint density at radius 2 is 2.15 bits per heavy atom. The quantitative estimate of drug-likeness (QED) is 0.684. The zero-order valence-electron chi connectivity index (χ0n) is 11.3. The van der Waals surface area contributed by atoms with Gasteiger partial charge in [0.25, 0.3) is 0 Å². The van der Waals surface area contributed by atoms with E-state index in [0.717, 1.165) is 6.07 Å². The lowest BCUT2D eigenvalue weighted by atomic mass is 9.93. The molecule has 0 saturated carbocycles. The summed E-state index contributed by atoms with van der Waals surface area (Å²) in [6, 6.07) is 1.33. The Bertz CT molecular complexity index is 535. The normalized spacial score (nSPS) is 21.5. The third-order valence-corrected chi connectivity index (χ3v) is 3.27. The second-order valence-electron chi connectivity index (χ2n) is 5.48. The van der Waals surface area contributed by atoms with Gasteiger partial charge >= 0.3 is 5.69 Å². The Balaban J connectivity index is 2.26. The number of nitrogens with one attached hydrogen (secondary N) is 1. The van der Waals surface area contributed by atoms with Gasteiger partial charge in [0, 0.05) is 24.8 Å². The van der Waals surface area contributed by atoms with Crippen molar-refractivity contribution in [1.29, 1.82) is 0 Å². The largest absolute Gasteiger partial charge is 0.376 e. The van der Waals surface area contributed by atoms with E-state index in [0.29, 0.717) is 25.5 Å². The molecule has 1 aliphatic rings. The van der Waals surface area contributed by atoms with E-state index in [2.05, 4.69) is 5.32 Å². The second-order valence-corrected chi connectivity index (χ2v) is 5.48. The van der Waals surface area contributed by atoms with Crippen LogP contribution in [-0.4, -0.2) is 23.2 Å². The number of anilines is 1. The molecule has 1 atom stereocenters. The minimum Gasteiger partial charge on any atom is -0.376 e. The Morgan fingerprint density at radius 3 is 2.75 bits per heavy atom. The molecule has 1 aliphatic heterocycles. The van der Waals surface area contributed by atoms with Gasteiger partial charge in [0.15, 0.2) is 0 Å². The smallest absolute Gasteiger partial charge is 0.327 e. The first-order valence-corrected chi connectivity index (χ1v) is 6.32. The summed E-state index contributed by atoms with van der Waals surface area (Å²) in [5.74, 6) is -2.02. The van der Waals surface area contributed by atoms with Gasteiger partial charge in [-0.05, 0) is 26.7 Å². The van der Waals surface area contributed by atoms with E-state index in [-0.39, 0.29) is 17.3 Å². The molecule has 0 spiro atoms. The molecule has 1 N–H and O–H groups in total. The van der Waals surface area contributed by atoms with Gasteiger partial charge in [-0.2, -0.15) is 4.39 Å². The van der Waals surface area contributed by atoms with Crippen molar-refractivity contribution in [3.05, 3.63) is 33.9 Å². The van der Waals surface area contributed by atoms with E-state index in [1.54, 1.807) is 0 Å². The molecule has 110 valence electrons. The maximum absolute atomic E-state index is 13.5. The number of hydrogen-bond donors (Lipinski definition) is 1. The van der Waals surface area contributed by atoms with Crippen LogP contribution in [0.1, 0.15) is 26.7 Å². The molecule has 1 unspecified atom stereocenters. The van der Waals surface area contributed by atoms with Crippen LogP contribution in [0.15, 0.2) is 12.1 Å². The zero-order valence-corrected chi connectivity index (χ0v) is 11.3. The summed E-state index contributed by atoms with van der Waals surface area (Å²) in [4.78, 5) is 10.1. The van der Waals surface area contributed by atoms with Crippen LogP contribution in [0.25, 0.3) is 0 Å². The molecule has 0 aromatic heterocycles. The van der Waals surface area contributed by atoms with Crippen LogP contribution in [0.4, 0.5) is 20.2 Å². The highest BCUT2D eigenvalue weighted by atomic mass is 19.1. The van der Waals surface area contributed by atoms with Crippen molar-refractivity contribution in [3.63, 3.8) is 0 Å². The number of nitro benzene ring substituents is 1. The maximum atomic E-state index is 13.5. The van der Waals surface area contributed by atoms with Crippen molar-refractivity contribution in [2.24, 2.45) is 0 Å². The molecular weight excluding hydrogens is 270 g/mol. The Kier molecular flexibility index (Phi) is 3.89. The maximum Gasteiger partial charge on any atom is 0.327 e. The van der Waals surface area contributed by atoms with Crippen LogP contribution in [0.2, 0.25) is 0 Å². The van der Waals surface area contributed by atoms with E-state index in [9.17, 15) is 18.9 Å². The fourth-order valence-electron chi connectivity index (χ4n) is 2.44. The van der Waals surface area contributed by atoms with Crippen molar-refractivity contribution >= 4 is 11.4 Å². The van der Waals surface area contributed by atoms with Crippen LogP contribution in [0.3, 0.4) is 0 Å². The predicted octanol–water partition coefficient (Wildman–Crippen LogP) is 3.24. The Hall–Kier alpha value is -1.76. The number of nitrogens with zero attached hydrogens (tertiary/aromatic N) is 1. The van der Waals surface area contributed by atoms with Gasteiger partial charge < -0.3 is 10.1 Å². The summed E-state index contributed by atoms with van der Waals surface area (Å²) in [6.45, 7) is 4.30. The summed E-state index contributed by atoms with van der Waals surface area (Å²) in [5.41, 5.74) is -1.22. The van der Waals surface area contributed by atoms with Gasteiger partial charge in [0.2, 0.25) is 5.82 Å². The van der Waals surface area contributed by atoms with Crippen molar-refractivity contribution in [2.75, 3.05) is 11.9 Å². The van der Waals surface area contributed by atoms with Gasteiger partial charge in [-0.25, -0.2) is 4.39 Å². The minimum absolute atomic E-state index is 0.126. The topological polar surface area (TPSA) is 64.4 Å². The Labute approximate surface area is 115 Å². The first kappa shape index (κ1) is 14.6. The first-order chi connectivity index (χ1) is 9.28. The molecule has 5 nitrogen and oxygen atoms in total. The van der Waals surface area contributed by atoms with Gasteiger partial charge in [0.1, 0.15) is 11.5 Å². The molecule has 1 heterocycles. The van der Waals surface area contributed by atoms with Crippen LogP contribution in [0, 0.1) is 21.7 Å². The lowest BCUT2D eigenvalue weighted by molar-refractivity contribution is -0.386. The molecule has 7 heteroatoms. The average Bonchev–Trinajstić information content (AvgIpc) is 2.25. The summed E-state index contributed by atoms with van der Waals surface area (Å²) < 4.78 is 32.3. The van der Waals surface area contributed by atoms with E-state index < -0.39 is 22.2 Å². The monoisotopic (exact) mass is 286 g/mol. The summed E-state index contributed by atoms with van der Waals surface area (Å²) in [6.07, 6.45) is 1.22. The number of halogens is 2. The number of hydrogen-bond acceptors (Lipinski definition) is 4. The highest BCUT2D eigenvalue weighted by Crippen LogP contribution is 2.32. The number of ether oxygens (including phenoxy) is 1. The third-order valence-electron chi connectivity index (χ3n) is 3.27. The van der Waals surface area contributed by atoms with E-state index in [4.69, 9.17) is 4.74 Å². The summed E-state index contributed by atoms with van der Waals surface area (Å²) in [5, 5.41) is 13.8. The third kappa shape index (κ3) is 3.22. The standard InChI is InChI=1S/C13H16F2N2O3/c1-13(2)7-9(3-4-20-13)16-11-6-8(14)5-10(15)12(11)17(18)19/h5-6,9,16H,3-4,7H2,1-2H3. The van der Waals surface area contributed by atoms with E-state index in [1.165, 1.54) is 0 Å². The number of benzene rings is 1. The van der Waals surface area contributed by atoms with Gasteiger partial charge in [-0.1, -0.05) is 0 Å². The van der Waals surface area contributed by atoms with Crippen LogP contribution < -0.4 is 5.32 Å². The molecule has 0 radical (unpaired) electrons. The highest BCUT2D eigenvalue weighted by Gasteiger charge is 2.31. The molecule has 2 rings (SSSR count). The molecule has 1 saturated heterocycles. The molecule has 1 fully saturated rings. The highest BCUT2D eigenvalue weighted by molar-refractivity contribution is 5.62. The van der Waals surface area contributed by atoms with Crippen LogP contribution >= 0.6 is 0 Å². The van der Waals surface area contributed by atoms with Gasteiger partial charge in [0.05, 0.1) is 10.5 Å². The van der Waals surface area contributed by atoms with Crippen molar-refractivity contribution in [3.8, 4) is 0 Å². The fourth-order valence-corrected chi connectivity index (χ4v) is 2.44. The molecule has 0 aliphatic carbocycles. The van der Waals surface area contributed by atoms with Gasteiger partial charge in [-0.3, -0.25) is 10.1 Å². The average molecular weight is 286 g/mol. The number of nitro groups is 1. The van der Waals surface area contributed by atoms with E-state index in [1.807, 2.05) is 13.8 Å². The Morgan fingerprint density at radius 1 is 1.45 bits per heavy atom. The first-order valence-electron chi connectivity index (χ1n) is 6.32. The van der Waals surface area contributed by atoms with Crippen LogP contribution in [-0.2, 0) is 4.74 Å². The van der Waals surface area contributed by atoms with Crippen molar-refractivity contribution in [2.45, 2.75) is 38.3 Å². The lowest BCUT2D eigenvalue weighted by Gasteiger charge is -2.36. The molecular formula is C13H16F2N2O3. The predicted molar refractivity (Wildman–Crippen MR) is 69.7 cm³/mol. The van der Waals surface area contributed by atoms with Crippen molar-refractivity contribution in [1.82, 2.24) is 0 Å². The molecule has 1 aromatic rings. The molecule has 20 heavy (non-hydrogen) atoms. The van der Waals surface area contributed by atoms with Crippen molar-refractivity contribution < 1.29 is 18.4 Å². The van der Waals surface area contributed by atoms with E-state index >= 15 is 0 Å². The summed E-state index contributed by atoms with van der Waals surface area (Å²) >= 11 is 0. The van der Waals surface area contributed by atoms with Gasteiger partial charge in [-0.15, -0.1) is 0 Å². The molecule has 0 amide bonds. The minimum atomic E-state index is -1.18. The summed E-state index contributed by atoms with van der Waals surface area (Å²) in [7, 11) is 0. The zero-order chi connectivity index (χ0) is 14.9. The second kappa shape index (κ2) is 5.32. The lowest BCUT2D eigenvalue weighted by Crippen LogP contribution is -2.40. The van der Waals surface area contributed by atoms with Crippen LogP contribution in [0.5, 0.6) is 0 Å².